The van der Waals surface area contributed by atoms with E-state index < -0.39 is 36.2 Å². The summed E-state index contributed by atoms with van der Waals surface area (Å²) in [5, 5.41) is 12.7. The summed E-state index contributed by atoms with van der Waals surface area (Å²) in [5.41, 5.74) is 0.887. The van der Waals surface area contributed by atoms with Crippen LogP contribution in [0, 0.1) is 23.0 Å². The molecule has 0 atom stereocenters. The van der Waals surface area contributed by atoms with Gasteiger partial charge in [0.25, 0.3) is 0 Å². The molecule has 34 heavy (non-hydrogen) atoms. The number of halogens is 3. The Hall–Kier alpha value is -3.67. The minimum absolute atomic E-state index is 0.0426. The van der Waals surface area contributed by atoms with Crippen molar-refractivity contribution in [3.05, 3.63) is 47.5 Å². The largest absolute Gasteiger partial charge is 0.491 e. The fraction of sp³-hybridized carbons (Fsp3) is 0.360. The average molecular weight is 471 g/mol. The molecule has 1 heterocycles. The van der Waals surface area contributed by atoms with Crippen LogP contribution in [-0.4, -0.2) is 30.0 Å². The zero-order valence-corrected chi connectivity index (χ0v) is 18.8. The maximum Gasteiger partial charge on any atom is 0.412 e. The Balaban J connectivity index is 1.85. The van der Waals surface area contributed by atoms with Crippen LogP contribution in [0.25, 0.3) is 22.2 Å². The summed E-state index contributed by atoms with van der Waals surface area (Å²) in [6.45, 7) is 2.50. The molecule has 0 unspecified atom stereocenters. The van der Waals surface area contributed by atoms with Gasteiger partial charge in [-0.2, -0.15) is 5.26 Å². The van der Waals surface area contributed by atoms with Crippen LogP contribution in [0.2, 0.25) is 0 Å². The Kier molecular flexibility index (Phi) is 6.68. The van der Waals surface area contributed by atoms with Gasteiger partial charge >= 0.3 is 6.09 Å². The molecule has 6 nitrogen and oxygen atoms in total. The summed E-state index contributed by atoms with van der Waals surface area (Å²) in [5.74, 6) is -1.53. The number of nitriles is 1. The van der Waals surface area contributed by atoms with Crippen LogP contribution in [-0.2, 0) is 4.74 Å². The molecule has 0 spiro atoms. The fourth-order valence-electron chi connectivity index (χ4n) is 4.13. The summed E-state index contributed by atoms with van der Waals surface area (Å²) in [6, 6.07) is 9.47. The van der Waals surface area contributed by atoms with E-state index >= 15 is 0 Å². The first-order chi connectivity index (χ1) is 16.3. The van der Waals surface area contributed by atoms with E-state index in [9.17, 15) is 23.2 Å². The maximum absolute atomic E-state index is 15.0. The third-order valence-corrected chi connectivity index (χ3v) is 5.76. The van der Waals surface area contributed by atoms with Crippen molar-refractivity contribution < 1.29 is 27.4 Å². The minimum Gasteiger partial charge on any atom is -0.491 e. The number of amides is 1. The van der Waals surface area contributed by atoms with Gasteiger partial charge in [0.15, 0.2) is 11.6 Å². The van der Waals surface area contributed by atoms with E-state index in [1.807, 2.05) is 4.57 Å². The Bertz CT molecular complexity index is 1250. The van der Waals surface area contributed by atoms with Crippen LogP contribution in [0.1, 0.15) is 44.7 Å². The second kappa shape index (κ2) is 9.67. The van der Waals surface area contributed by atoms with Crippen molar-refractivity contribution in [2.75, 3.05) is 18.6 Å². The van der Waals surface area contributed by atoms with Crippen molar-refractivity contribution in [2.24, 2.45) is 0 Å². The molecule has 4 rings (SSSR count). The first kappa shape index (κ1) is 23.5. The lowest BCUT2D eigenvalue weighted by molar-refractivity contribution is 0.129. The standard InChI is InChI=1S/C25H24F3N3O3/c1-14(2)34-25(32)30-23-20(27)10-15(11-21(23)28)24-19(13-29)18-7-6-17(33-9-8-26)12-22(18)31(24)16-4-3-5-16/h6-7,10-12,14,16H,3-5,8-9H2,1-2H3,(H,30,32). The lowest BCUT2D eigenvalue weighted by atomic mass is 9.92. The highest BCUT2D eigenvalue weighted by Gasteiger charge is 2.29. The minimum atomic E-state index is -0.989. The molecule has 1 aromatic heterocycles. The van der Waals surface area contributed by atoms with Gasteiger partial charge in [-0.05, 0) is 57.4 Å². The zero-order valence-electron chi connectivity index (χ0n) is 18.8. The van der Waals surface area contributed by atoms with Crippen molar-refractivity contribution in [3.63, 3.8) is 0 Å². The number of nitrogens with one attached hydrogen (secondary N) is 1. The van der Waals surface area contributed by atoms with Crippen molar-refractivity contribution in [1.82, 2.24) is 4.57 Å². The Morgan fingerprint density at radius 2 is 1.94 bits per heavy atom. The van der Waals surface area contributed by atoms with E-state index in [0.717, 1.165) is 31.4 Å². The van der Waals surface area contributed by atoms with Gasteiger partial charge in [0.2, 0.25) is 0 Å². The second-order valence-corrected chi connectivity index (χ2v) is 8.40. The van der Waals surface area contributed by atoms with Crippen molar-refractivity contribution in [3.8, 4) is 23.1 Å². The third kappa shape index (κ3) is 4.40. The summed E-state index contributed by atoms with van der Waals surface area (Å²) < 4.78 is 54.7. The summed E-state index contributed by atoms with van der Waals surface area (Å²) in [7, 11) is 0. The highest BCUT2D eigenvalue weighted by Crippen LogP contribution is 2.44. The monoisotopic (exact) mass is 471 g/mol. The van der Waals surface area contributed by atoms with Gasteiger partial charge < -0.3 is 14.0 Å². The quantitative estimate of drug-likeness (QED) is 0.427. The average Bonchev–Trinajstić information content (AvgIpc) is 3.06. The number of benzene rings is 2. The summed E-state index contributed by atoms with van der Waals surface area (Å²) in [6.07, 6.45) is 1.27. The van der Waals surface area contributed by atoms with E-state index in [4.69, 9.17) is 9.47 Å². The maximum atomic E-state index is 15.0. The SMILES string of the molecule is CC(C)OC(=O)Nc1c(F)cc(-c2c(C#N)c3ccc(OCCF)cc3n2C2CCC2)cc1F. The number of carbonyl (C=O) groups excluding carboxylic acids is 1. The molecule has 0 aliphatic heterocycles. The fourth-order valence-corrected chi connectivity index (χ4v) is 4.13. The molecule has 9 heteroatoms. The Labute approximate surface area is 194 Å². The molecule has 0 bridgehead atoms. The van der Waals surface area contributed by atoms with Crippen LogP contribution >= 0.6 is 0 Å². The Morgan fingerprint density at radius 3 is 2.50 bits per heavy atom. The van der Waals surface area contributed by atoms with E-state index in [2.05, 4.69) is 11.4 Å². The number of hydrogen-bond acceptors (Lipinski definition) is 4. The number of ether oxygens (including phenoxy) is 2. The number of hydrogen-bond donors (Lipinski definition) is 1. The van der Waals surface area contributed by atoms with Crippen molar-refractivity contribution >= 4 is 22.7 Å². The highest BCUT2D eigenvalue weighted by molar-refractivity contribution is 5.96. The number of carbonyl (C=O) groups is 1. The summed E-state index contributed by atoms with van der Waals surface area (Å²) in [4.78, 5) is 11.8. The first-order valence-corrected chi connectivity index (χ1v) is 11.1. The number of nitrogens with zero attached hydrogens (tertiary/aromatic N) is 2. The molecule has 3 aromatic rings. The van der Waals surface area contributed by atoms with E-state index in [1.54, 1.807) is 32.0 Å². The van der Waals surface area contributed by atoms with Gasteiger partial charge in [-0.25, -0.2) is 18.0 Å². The van der Waals surface area contributed by atoms with E-state index in [0.29, 0.717) is 22.3 Å². The van der Waals surface area contributed by atoms with Gasteiger partial charge in [0, 0.05) is 23.1 Å². The summed E-state index contributed by atoms with van der Waals surface area (Å²) >= 11 is 0. The predicted molar refractivity (Wildman–Crippen MR) is 122 cm³/mol. The third-order valence-electron chi connectivity index (χ3n) is 5.76. The van der Waals surface area contributed by atoms with Crippen LogP contribution in [0.4, 0.5) is 23.7 Å². The zero-order chi connectivity index (χ0) is 24.4. The molecule has 1 amide bonds. The smallest absolute Gasteiger partial charge is 0.412 e. The van der Waals surface area contributed by atoms with E-state index in [1.165, 1.54) is 0 Å². The van der Waals surface area contributed by atoms with Gasteiger partial charge in [-0.15, -0.1) is 0 Å². The lowest BCUT2D eigenvalue weighted by Gasteiger charge is -2.30. The highest BCUT2D eigenvalue weighted by atomic mass is 19.1. The molecule has 1 fully saturated rings. The van der Waals surface area contributed by atoms with Crippen LogP contribution in [0.5, 0.6) is 5.75 Å². The molecule has 1 saturated carbocycles. The molecule has 178 valence electrons. The number of fused-ring (bicyclic) bond motifs is 1. The van der Waals surface area contributed by atoms with Gasteiger partial charge in [-0.1, -0.05) is 0 Å². The molecule has 2 aromatic carbocycles. The van der Waals surface area contributed by atoms with Crippen LogP contribution < -0.4 is 10.1 Å². The number of alkyl halides is 1. The molecule has 1 N–H and O–H groups in total. The second-order valence-electron chi connectivity index (χ2n) is 8.40. The van der Waals surface area contributed by atoms with Gasteiger partial charge in [0.1, 0.15) is 30.8 Å². The number of rotatable bonds is 7. The van der Waals surface area contributed by atoms with Crippen LogP contribution in [0.3, 0.4) is 0 Å². The molecule has 1 aliphatic rings. The van der Waals surface area contributed by atoms with Crippen molar-refractivity contribution in [2.45, 2.75) is 45.3 Å². The first-order valence-electron chi connectivity index (χ1n) is 11.1. The molecular weight excluding hydrogens is 447 g/mol. The molecule has 1 aliphatic carbocycles. The van der Waals surface area contributed by atoms with Crippen LogP contribution in [0.15, 0.2) is 30.3 Å². The topological polar surface area (TPSA) is 76.3 Å². The van der Waals surface area contributed by atoms with E-state index in [-0.39, 0.29) is 23.8 Å². The number of anilines is 1. The molecule has 0 saturated heterocycles. The van der Waals surface area contributed by atoms with Gasteiger partial charge in [-0.3, -0.25) is 5.32 Å². The molecule has 0 radical (unpaired) electrons. The normalized spacial score (nSPS) is 13.6. The predicted octanol–water partition coefficient (Wildman–Crippen LogP) is 6.49. The lowest BCUT2D eigenvalue weighted by Crippen LogP contribution is -2.20. The van der Waals surface area contributed by atoms with Crippen molar-refractivity contribution in [1.29, 1.82) is 5.26 Å². The number of aromatic nitrogens is 1. The van der Waals surface area contributed by atoms with Gasteiger partial charge in [0.05, 0.1) is 22.9 Å². The Morgan fingerprint density at radius 1 is 1.24 bits per heavy atom. The molecular formula is C25H24F3N3O3.